The summed E-state index contributed by atoms with van der Waals surface area (Å²) in [6.45, 7) is 15.5. The number of halogens is 1. The van der Waals surface area contributed by atoms with E-state index in [1.54, 1.807) is 30.7 Å². The Morgan fingerprint density at radius 2 is 1.57 bits per heavy atom. The van der Waals surface area contributed by atoms with Crippen molar-refractivity contribution in [2.24, 2.45) is 5.41 Å². The number of rotatable bonds is 8. The molecule has 1 aromatic rings. The molecule has 2 rings (SSSR count). The van der Waals surface area contributed by atoms with E-state index in [4.69, 9.17) is 13.8 Å². The van der Waals surface area contributed by atoms with Gasteiger partial charge in [-0.2, -0.15) is 0 Å². The Bertz CT molecular complexity index is 962. The fourth-order valence-corrected chi connectivity index (χ4v) is 6.71. The van der Waals surface area contributed by atoms with Crippen LogP contribution in [-0.4, -0.2) is 59.9 Å². The van der Waals surface area contributed by atoms with Crippen molar-refractivity contribution in [1.82, 2.24) is 9.80 Å². The minimum atomic E-state index is -3.30. The molecule has 8 nitrogen and oxygen atoms in total. The molecule has 1 aliphatic heterocycles. The van der Waals surface area contributed by atoms with Gasteiger partial charge in [-0.1, -0.05) is 42.8 Å². The smallest absolute Gasteiger partial charge is 0.412 e. The average Bonchev–Trinajstić information content (AvgIpc) is 2.91. The van der Waals surface area contributed by atoms with E-state index in [1.807, 2.05) is 59.7 Å². The van der Waals surface area contributed by atoms with Crippen LogP contribution in [0.15, 0.2) is 22.7 Å². The van der Waals surface area contributed by atoms with Crippen molar-refractivity contribution >= 4 is 35.5 Å². The molecule has 198 valence electrons. The SMILES string of the molecule is CCOP(=O)(Cc1cc(Br)cc(CC2C(=O)N(C)[C@H](C(C)(C)C)N2C(=O)OC(C)(C)C)c1)OCC. The number of hydrogen-bond donors (Lipinski definition) is 0. The Balaban J connectivity index is 2.44. The normalized spacial score (nSPS) is 19.4. The van der Waals surface area contributed by atoms with Crippen LogP contribution in [0.4, 0.5) is 4.79 Å². The molecule has 0 N–H and O–H groups in total. The van der Waals surface area contributed by atoms with Gasteiger partial charge in [0.25, 0.3) is 0 Å². The van der Waals surface area contributed by atoms with Gasteiger partial charge in [0.05, 0.1) is 19.4 Å². The van der Waals surface area contributed by atoms with Gasteiger partial charge in [0, 0.05) is 23.4 Å². The van der Waals surface area contributed by atoms with E-state index >= 15 is 0 Å². The molecule has 1 unspecified atom stereocenters. The zero-order valence-electron chi connectivity index (χ0n) is 22.4. The van der Waals surface area contributed by atoms with Gasteiger partial charge in [-0.05, 0) is 57.9 Å². The first-order chi connectivity index (χ1) is 16.0. The lowest BCUT2D eigenvalue weighted by molar-refractivity contribution is -0.129. The highest BCUT2D eigenvalue weighted by molar-refractivity contribution is 9.10. The van der Waals surface area contributed by atoms with Gasteiger partial charge in [0.15, 0.2) is 0 Å². The Morgan fingerprint density at radius 1 is 1.03 bits per heavy atom. The van der Waals surface area contributed by atoms with E-state index in [2.05, 4.69) is 15.9 Å². The highest BCUT2D eigenvalue weighted by Crippen LogP contribution is 2.51. The molecular weight excluding hydrogens is 535 g/mol. The fourth-order valence-electron chi connectivity index (χ4n) is 4.45. The third-order valence-corrected chi connectivity index (χ3v) is 7.97. The van der Waals surface area contributed by atoms with Crippen molar-refractivity contribution in [1.29, 1.82) is 0 Å². The minimum Gasteiger partial charge on any atom is -0.444 e. The van der Waals surface area contributed by atoms with Gasteiger partial charge in [-0.15, -0.1) is 0 Å². The molecule has 10 heteroatoms. The predicted octanol–water partition coefficient (Wildman–Crippen LogP) is 6.21. The number of ether oxygens (including phenoxy) is 1. The van der Waals surface area contributed by atoms with Gasteiger partial charge in [-0.3, -0.25) is 14.3 Å². The highest BCUT2D eigenvalue weighted by Gasteiger charge is 2.52. The van der Waals surface area contributed by atoms with Gasteiger partial charge in [-0.25, -0.2) is 4.79 Å². The van der Waals surface area contributed by atoms with Gasteiger partial charge < -0.3 is 18.7 Å². The summed E-state index contributed by atoms with van der Waals surface area (Å²) in [5.41, 5.74) is 0.496. The molecule has 0 bridgehead atoms. The predicted molar refractivity (Wildman–Crippen MR) is 140 cm³/mol. The monoisotopic (exact) mass is 574 g/mol. The Hall–Kier alpha value is -1.41. The van der Waals surface area contributed by atoms with Crippen LogP contribution in [0.2, 0.25) is 0 Å². The summed E-state index contributed by atoms with van der Waals surface area (Å²) in [4.78, 5) is 29.9. The van der Waals surface area contributed by atoms with Crippen LogP contribution in [0.25, 0.3) is 0 Å². The first-order valence-electron chi connectivity index (χ1n) is 12.0. The number of amides is 2. The van der Waals surface area contributed by atoms with Crippen molar-refractivity contribution < 1.29 is 27.9 Å². The quantitative estimate of drug-likeness (QED) is 0.343. The summed E-state index contributed by atoms with van der Waals surface area (Å²) in [6.07, 6.45) is -0.583. The lowest BCUT2D eigenvalue weighted by atomic mass is 9.91. The number of benzene rings is 1. The summed E-state index contributed by atoms with van der Waals surface area (Å²) in [7, 11) is -1.58. The first-order valence-corrected chi connectivity index (χ1v) is 14.5. The number of likely N-dealkylation sites (N-methyl/N-ethyl adjacent to an activating group) is 1. The lowest BCUT2D eigenvalue weighted by Crippen LogP contribution is -2.52. The molecule has 0 aliphatic carbocycles. The first kappa shape index (κ1) is 29.8. The fraction of sp³-hybridized carbons (Fsp3) is 0.680. The maximum atomic E-state index is 13.4. The summed E-state index contributed by atoms with van der Waals surface area (Å²) in [6, 6.07) is 4.92. The maximum absolute atomic E-state index is 13.4. The van der Waals surface area contributed by atoms with Crippen molar-refractivity contribution in [3.8, 4) is 0 Å². The highest BCUT2D eigenvalue weighted by atomic mass is 79.9. The van der Waals surface area contributed by atoms with Crippen LogP contribution >= 0.6 is 23.5 Å². The molecule has 1 aliphatic rings. The number of nitrogens with zero attached hydrogens (tertiary/aromatic N) is 2. The minimum absolute atomic E-state index is 0.111. The second kappa shape index (κ2) is 11.3. The van der Waals surface area contributed by atoms with Crippen LogP contribution in [-0.2, 0) is 35.7 Å². The topological polar surface area (TPSA) is 85.4 Å². The molecule has 1 heterocycles. The summed E-state index contributed by atoms with van der Waals surface area (Å²) in [5.74, 6) is -0.147. The molecule has 0 saturated carbocycles. The molecule has 0 spiro atoms. The lowest BCUT2D eigenvalue weighted by Gasteiger charge is -2.39. The third-order valence-electron chi connectivity index (χ3n) is 5.45. The average molecular weight is 575 g/mol. The van der Waals surface area contributed by atoms with E-state index in [9.17, 15) is 14.2 Å². The van der Waals surface area contributed by atoms with Crippen molar-refractivity contribution in [3.05, 3.63) is 33.8 Å². The Morgan fingerprint density at radius 3 is 2.06 bits per heavy atom. The molecular formula is C25H40BrN2O6P. The zero-order valence-corrected chi connectivity index (χ0v) is 24.9. The van der Waals surface area contributed by atoms with E-state index in [0.717, 1.165) is 15.6 Å². The second-order valence-corrected chi connectivity index (χ2v) is 13.8. The molecule has 0 radical (unpaired) electrons. The summed E-state index contributed by atoms with van der Waals surface area (Å²) >= 11 is 3.53. The van der Waals surface area contributed by atoms with Crippen molar-refractivity contribution in [2.45, 2.75) is 85.8 Å². The third kappa shape index (κ3) is 7.78. The van der Waals surface area contributed by atoms with Crippen molar-refractivity contribution in [2.75, 3.05) is 20.3 Å². The summed E-state index contributed by atoms with van der Waals surface area (Å²) in [5, 5.41) is 0. The second-order valence-electron chi connectivity index (χ2n) is 10.9. The van der Waals surface area contributed by atoms with Crippen LogP contribution in [0.5, 0.6) is 0 Å². The molecule has 1 aromatic carbocycles. The summed E-state index contributed by atoms with van der Waals surface area (Å²) < 4.78 is 30.5. The number of carbonyl (C=O) groups is 2. The van der Waals surface area contributed by atoms with Crippen LogP contribution in [0.3, 0.4) is 0 Å². The van der Waals surface area contributed by atoms with Gasteiger partial charge in [0.2, 0.25) is 5.91 Å². The van der Waals surface area contributed by atoms with Crippen LogP contribution in [0, 0.1) is 5.41 Å². The van der Waals surface area contributed by atoms with Gasteiger partial charge >= 0.3 is 13.7 Å². The standard InChI is InChI=1S/C25H40BrN2O6P/c1-10-32-35(31,33-11-2)16-18-12-17(13-19(26)14-18)15-20-21(29)27(9)22(24(3,4)5)28(20)23(30)34-25(6,7)8/h12-14,20,22H,10-11,15-16H2,1-9H3/t20?,22-/m0/s1. The molecule has 1 saturated heterocycles. The Labute approximate surface area is 218 Å². The zero-order chi connectivity index (χ0) is 26.8. The van der Waals surface area contributed by atoms with Crippen LogP contribution in [0.1, 0.15) is 66.5 Å². The molecule has 2 atom stereocenters. The maximum Gasteiger partial charge on any atom is 0.412 e. The molecule has 2 amide bonds. The molecule has 1 fully saturated rings. The van der Waals surface area contributed by atoms with Crippen LogP contribution < -0.4 is 0 Å². The Kier molecular flexibility index (Phi) is 9.65. The molecule has 35 heavy (non-hydrogen) atoms. The van der Waals surface area contributed by atoms with E-state index in [-0.39, 0.29) is 37.1 Å². The van der Waals surface area contributed by atoms with E-state index < -0.39 is 31.5 Å². The van der Waals surface area contributed by atoms with Gasteiger partial charge in [0.1, 0.15) is 17.8 Å². The van der Waals surface area contributed by atoms with E-state index in [0.29, 0.717) is 0 Å². The largest absolute Gasteiger partial charge is 0.444 e. The number of hydrogen-bond acceptors (Lipinski definition) is 6. The number of carbonyl (C=O) groups excluding carboxylic acids is 2. The van der Waals surface area contributed by atoms with Crippen molar-refractivity contribution in [3.63, 3.8) is 0 Å². The van der Waals surface area contributed by atoms with E-state index in [1.165, 1.54) is 0 Å². The molecule has 0 aromatic heterocycles.